The Morgan fingerprint density at radius 3 is 3.00 bits per heavy atom. The van der Waals surface area contributed by atoms with Crippen molar-refractivity contribution in [2.24, 2.45) is 0 Å². The lowest BCUT2D eigenvalue weighted by Gasteiger charge is -2.02. The highest BCUT2D eigenvalue weighted by Crippen LogP contribution is 2.14. The Bertz CT molecular complexity index is 71.5. The van der Waals surface area contributed by atoms with Gasteiger partial charge in [-0.1, -0.05) is 0 Å². The topological polar surface area (TPSA) is 18.5 Å². The first-order chi connectivity index (χ1) is 4.43. The smallest absolute Gasteiger partial charge is 0.0953 e. The van der Waals surface area contributed by atoms with Crippen molar-refractivity contribution in [3.8, 4) is 0 Å². The molecule has 0 N–H and O–H groups in total. The number of rotatable bonds is 3. The molecule has 1 rings (SSSR count). The lowest BCUT2D eigenvalue weighted by atomic mass is 10.2. The molecular formula is C6H11ClO2. The van der Waals surface area contributed by atoms with E-state index in [4.69, 9.17) is 21.4 Å². The highest BCUT2D eigenvalue weighted by molar-refractivity contribution is 6.17. The summed E-state index contributed by atoms with van der Waals surface area (Å²) in [7, 11) is 0. The Kier molecular flexibility index (Phi) is 3.33. The van der Waals surface area contributed by atoms with Crippen molar-refractivity contribution in [2.45, 2.75) is 25.4 Å². The third kappa shape index (κ3) is 2.52. The minimum absolute atomic E-state index is 0.309. The van der Waals surface area contributed by atoms with Crippen LogP contribution in [-0.4, -0.2) is 18.6 Å². The van der Waals surface area contributed by atoms with E-state index in [9.17, 15) is 0 Å². The first-order valence-electron chi connectivity index (χ1n) is 3.27. The molecule has 0 aromatic heterocycles. The first kappa shape index (κ1) is 7.32. The fourth-order valence-corrected chi connectivity index (χ4v) is 1.02. The monoisotopic (exact) mass is 150 g/mol. The van der Waals surface area contributed by atoms with E-state index in [-0.39, 0.29) is 0 Å². The second-order valence-electron chi connectivity index (χ2n) is 2.16. The van der Waals surface area contributed by atoms with Gasteiger partial charge in [0.25, 0.3) is 0 Å². The zero-order chi connectivity index (χ0) is 6.53. The van der Waals surface area contributed by atoms with Crippen molar-refractivity contribution in [1.29, 1.82) is 0 Å². The van der Waals surface area contributed by atoms with Gasteiger partial charge in [-0.15, -0.1) is 11.6 Å². The molecular weight excluding hydrogens is 140 g/mol. The highest BCUT2D eigenvalue weighted by atomic mass is 35.5. The molecule has 0 bridgehead atoms. The van der Waals surface area contributed by atoms with Crippen LogP contribution in [0.25, 0.3) is 0 Å². The van der Waals surface area contributed by atoms with Crippen LogP contribution in [0.3, 0.4) is 0 Å². The molecule has 0 radical (unpaired) electrons. The normalized spacial score (nSPS) is 27.0. The summed E-state index contributed by atoms with van der Waals surface area (Å²) in [4.78, 5) is 9.61. The quantitative estimate of drug-likeness (QED) is 0.451. The van der Waals surface area contributed by atoms with E-state index in [0.29, 0.717) is 6.10 Å². The zero-order valence-corrected chi connectivity index (χ0v) is 6.06. The van der Waals surface area contributed by atoms with Crippen LogP contribution in [0.5, 0.6) is 0 Å². The highest BCUT2D eigenvalue weighted by Gasteiger charge is 2.15. The fraction of sp³-hybridized carbons (Fsp3) is 1.00. The third-order valence-electron chi connectivity index (χ3n) is 1.39. The second kappa shape index (κ2) is 4.09. The maximum Gasteiger partial charge on any atom is 0.0953 e. The first-order valence-corrected chi connectivity index (χ1v) is 3.81. The van der Waals surface area contributed by atoms with E-state index in [2.05, 4.69) is 0 Å². The molecule has 1 heterocycles. The number of hydrogen-bond acceptors (Lipinski definition) is 2. The fourth-order valence-electron chi connectivity index (χ4n) is 0.869. The molecule has 0 saturated carbocycles. The number of hydrogen-bond donors (Lipinski definition) is 0. The van der Waals surface area contributed by atoms with Gasteiger partial charge in [0.05, 0.1) is 12.7 Å². The van der Waals surface area contributed by atoms with Gasteiger partial charge in [-0.05, 0) is 12.8 Å². The molecule has 0 aromatic carbocycles. The van der Waals surface area contributed by atoms with Gasteiger partial charge >= 0.3 is 0 Å². The summed E-state index contributed by atoms with van der Waals surface area (Å²) < 4.78 is 0. The second-order valence-corrected chi connectivity index (χ2v) is 2.54. The van der Waals surface area contributed by atoms with E-state index in [1.807, 2.05) is 0 Å². The van der Waals surface area contributed by atoms with Gasteiger partial charge in [0, 0.05) is 12.3 Å². The summed E-state index contributed by atoms with van der Waals surface area (Å²) in [5, 5.41) is 0. The molecule has 1 unspecified atom stereocenters. The van der Waals surface area contributed by atoms with Gasteiger partial charge in [0.15, 0.2) is 0 Å². The summed E-state index contributed by atoms with van der Waals surface area (Å²) in [5.74, 6) is 0.722. The van der Waals surface area contributed by atoms with Crippen LogP contribution < -0.4 is 0 Å². The van der Waals surface area contributed by atoms with Crippen LogP contribution in [-0.2, 0) is 9.78 Å². The SMILES string of the molecule is ClCCCC1CCOO1. The average molecular weight is 151 g/mol. The molecule has 1 aliphatic rings. The summed E-state index contributed by atoms with van der Waals surface area (Å²) in [6.45, 7) is 0.743. The minimum Gasteiger partial charge on any atom is -0.236 e. The molecule has 0 aliphatic carbocycles. The maximum atomic E-state index is 5.48. The molecule has 1 saturated heterocycles. The van der Waals surface area contributed by atoms with Crippen LogP contribution in [0, 0.1) is 0 Å². The molecule has 1 atom stereocenters. The largest absolute Gasteiger partial charge is 0.236 e. The standard InChI is InChI=1S/C6H11ClO2/c7-4-1-2-6-3-5-8-9-6/h6H,1-5H2. The average Bonchev–Trinajstić information content (AvgIpc) is 2.34. The molecule has 1 aliphatic heterocycles. The Morgan fingerprint density at radius 1 is 1.56 bits per heavy atom. The van der Waals surface area contributed by atoms with Crippen molar-refractivity contribution in [1.82, 2.24) is 0 Å². The third-order valence-corrected chi connectivity index (χ3v) is 1.65. The maximum absolute atomic E-state index is 5.48. The zero-order valence-electron chi connectivity index (χ0n) is 5.31. The van der Waals surface area contributed by atoms with Crippen LogP contribution in [0.15, 0.2) is 0 Å². The van der Waals surface area contributed by atoms with Gasteiger partial charge < -0.3 is 0 Å². The summed E-state index contributed by atoms with van der Waals surface area (Å²) in [5.41, 5.74) is 0. The van der Waals surface area contributed by atoms with Gasteiger partial charge in [0.2, 0.25) is 0 Å². The molecule has 54 valence electrons. The minimum atomic E-state index is 0.309. The van der Waals surface area contributed by atoms with E-state index < -0.39 is 0 Å². The Balaban J connectivity index is 1.98. The molecule has 0 amide bonds. The van der Waals surface area contributed by atoms with Gasteiger partial charge in [-0.3, -0.25) is 0 Å². The van der Waals surface area contributed by atoms with Crippen molar-refractivity contribution in [3.63, 3.8) is 0 Å². The van der Waals surface area contributed by atoms with Crippen LogP contribution in [0.4, 0.5) is 0 Å². The van der Waals surface area contributed by atoms with Crippen molar-refractivity contribution >= 4 is 11.6 Å². The number of halogens is 1. The summed E-state index contributed by atoms with van der Waals surface area (Å²) in [6.07, 6.45) is 3.39. The lowest BCUT2D eigenvalue weighted by Crippen LogP contribution is -2.03. The van der Waals surface area contributed by atoms with E-state index >= 15 is 0 Å². The van der Waals surface area contributed by atoms with E-state index in [1.165, 1.54) is 0 Å². The predicted octanol–water partition coefficient (Wildman–Crippen LogP) is 1.73. The van der Waals surface area contributed by atoms with Crippen molar-refractivity contribution in [3.05, 3.63) is 0 Å². The Morgan fingerprint density at radius 2 is 2.44 bits per heavy atom. The predicted molar refractivity (Wildman–Crippen MR) is 35.4 cm³/mol. The molecule has 9 heavy (non-hydrogen) atoms. The van der Waals surface area contributed by atoms with Crippen molar-refractivity contribution < 1.29 is 9.78 Å². The van der Waals surface area contributed by atoms with Crippen molar-refractivity contribution in [2.75, 3.05) is 12.5 Å². The molecule has 2 nitrogen and oxygen atoms in total. The Labute approximate surface area is 60.0 Å². The van der Waals surface area contributed by atoms with Crippen LogP contribution in [0.1, 0.15) is 19.3 Å². The Hall–Kier alpha value is 0.210. The number of alkyl halides is 1. The van der Waals surface area contributed by atoms with Crippen LogP contribution in [0.2, 0.25) is 0 Å². The summed E-state index contributed by atoms with van der Waals surface area (Å²) in [6, 6.07) is 0. The van der Waals surface area contributed by atoms with E-state index in [0.717, 1.165) is 31.7 Å². The van der Waals surface area contributed by atoms with Gasteiger partial charge in [0.1, 0.15) is 0 Å². The lowest BCUT2D eigenvalue weighted by molar-refractivity contribution is -0.275. The van der Waals surface area contributed by atoms with Gasteiger partial charge in [-0.2, -0.15) is 0 Å². The van der Waals surface area contributed by atoms with E-state index in [1.54, 1.807) is 0 Å². The molecule has 0 spiro atoms. The van der Waals surface area contributed by atoms with Crippen LogP contribution >= 0.6 is 11.6 Å². The summed E-state index contributed by atoms with van der Waals surface area (Å²) >= 11 is 5.48. The molecule has 0 aromatic rings. The molecule has 3 heteroatoms. The van der Waals surface area contributed by atoms with Gasteiger partial charge in [-0.25, -0.2) is 9.78 Å². The molecule has 1 fully saturated rings.